The van der Waals surface area contributed by atoms with E-state index in [9.17, 15) is 9.59 Å². The van der Waals surface area contributed by atoms with Crippen LogP contribution in [0, 0.1) is 23.7 Å². The zero-order chi connectivity index (χ0) is 21.5. The van der Waals surface area contributed by atoms with Crippen LogP contribution in [-0.4, -0.2) is 66.8 Å². The highest BCUT2D eigenvalue weighted by Gasteiger charge is 2.58. The van der Waals surface area contributed by atoms with Crippen LogP contribution in [0.5, 0.6) is 0 Å². The Labute approximate surface area is 187 Å². The third-order valence-corrected chi connectivity index (χ3v) is 8.46. The summed E-state index contributed by atoms with van der Waals surface area (Å²) in [5.41, 5.74) is 1.46. The molecule has 2 fully saturated rings. The van der Waals surface area contributed by atoms with Gasteiger partial charge in [-0.2, -0.15) is 0 Å². The summed E-state index contributed by atoms with van der Waals surface area (Å²) in [6.07, 6.45) is 6.36. The number of thiophene rings is 1. The van der Waals surface area contributed by atoms with Crippen molar-refractivity contribution in [2.24, 2.45) is 28.7 Å². The standard InChI is InChI=1S/C23H31N5O2S/c1-14(27-8-5-18-17(13-27)6-10-31-18)12-26-23(24-2)25-7-9-28-21(29)19-15-3-4-16(11-15)20(19)22(28)30/h3-4,6,10,14-16,19-20H,5,7-9,11-13H2,1-2H3,(H2,24,25,26). The summed E-state index contributed by atoms with van der Waals surface area (Å²) < 4.78 is 0. The first-order valence-corrected chi connectivity index (χ1v) is 12.2. The number of imide groups is 1. The van der Waals surface area contributed by atoms with Gasteiger partial charge in [-0.15, -0.1) is 11.3 Å². The zero-order valence-electron chi connectivity index (χ0n) is 18.2. The van der Waals surface area contributed by atoms with E-state index >= 15 is 0 Å². The zero-order valence-corrected chi connectivity index (χ0v) is 19.0. The minimum atomic E-state index is -0.117. The molecule has 0 aromatic carbocycles. The first kappa shape index (κ1) is 20.7. The molecule has 166 valence electrons. The van der Waals surface area contributed by atoms with Gasteiger partial charge in [0.2, 0.25) is 11.8 Å². The molecule has 1 saturated heterocycles. The molecule has 5 atom stereocenters. The third-order valence-electron chi connectivity index (χ3n) is 7.44. The van der Waals surface area contributed by atoms with Crippen LogP contribution in [0.25, 0.3) is 0 Å². The summed E-state index contributed by atoms with van der Waals surface area (Å²) >= 11 is 1.86. The minimum Gasteiger partial charge on any atom is -0.355 e. The molecule has 0 spiro atoms. The molecule has 3 heterocycles. The number of fused-ring (bicyclic) bond motifs is 6. The lowest BCUT2D eigenvalue weighted by molar-refractivity contribution is -0.140. The van der Waals surface area contributed by atoms with Gasteiger partial charge in [0.15, 0.2) is 5.96 Å². The van der Waals surface area contributed by atoms with E-state index in [1.54, 1.807) is 7.05 Å². The van der Waals surface area contributed by atoms with E-state index in [-0.39, 0.29) is 35.5 Å². The SMILES string of the molecule is CN=C(NCCN1C(=O)C2C3C=CC(C3)C2C1=O)NCC(C)N1CCc2sccc2C1. The van der Waals surface area contributed by atoms with Gasteiger partial charge in [0, 0.05) is 50.7 Å². The molecule has 2 amide bonds. The molecular formula is C23H31N5O2S. The van der Waals surface area contributed by atoms with E-state index in [4.69, 9.17) is 0 Å². The Morgan fingerprint density at radius 1 is 1.23 bits per heavy atom. The van der Waals surface area contributed by atoms with Gasteiger partial charge in [-0.25, -0.2) is 0 Å². The molecule has 0 radical (unpaired) electrons. The molecule has 5 unspecified atom stereocenters. The Hall–Kier alpha value is -2.19. The molecular weight excluding hydrogens is 410 g/mol. The quantitative estimate of drug-likeness (QED) is 0.303. The summed E-state index contributed by atoms with van der Waals surface area (Å²) in [7, 11) is 1.75. The number of carbonyl (C=O) groups excluding carboxylic acids is 2. The van der Waals surface area contributed by atoms with E-state index in [0.717, 1.165) is 32.5 Å². The fourth-order valence-electron chi connectivity index (χ4n) is 5.71. The van der Waals surface area contributed by atoms with E-state index < -0.39 is 0 Å². The van der Waals surface area contributed by atoms with Crippen molar-refractivity contribution >= 4 is 29.1 Å². The summed E-state index contributed by atoms with van der Waals surface area (Å²) in [6, 6.07) is 2.62. The molecule has 2 N–H and O–H groups in total. The Bertz CT molecular complexity index is 895. The van der Waals surface area contributed by atoms with Crippen LogP contribution < -0.4 is 10.6 Å². The Morgan fingerprint density at radius 3 is 2.68 bits per heavy atom. The summed E-state index contributed by atoms with van der Waals surface area (Å²) in [4.78, 5) is 35.4. The van der Waals surface area contributed by atoms with Crippen LogP contribution in [-0.2, 0) is 22.6 Å². The highest BCUT2D eigenvalue weighted by molar-refractivity contribution is 7.10. The van der Waals surface area contributed by atoms with Crippen molar-refractivity contribution < 1.29 is 9.59 Å². The van der Waals surface area contributed by atoms with Crippen LogP contribution >= 0.6 is 11.3 Å². The van der Waals surface area contributed by atoms with Crippen LogP contribution in [0.15, 0.2) is 28.6 Å². The fraction of sp³-hybridized carbons (Fsp3) is 0.609. The number of guanidine groups is 1. The number of hydrogen-bond acceptors (Lipinski definition) is 5. The molecule has 2 aliphatic heterocycles. The average molecular weight is 442 g/mol. The number of aliphatic imine (C=N–C) groups is 1. The smallest absolute Gasteiger partial charge is 0.233 e. The highest BCUT2D eigenvalue weighted by Crippen LogP contribution is 2.52. The van der Waals surface area contributed by atoms with Crippen molar-refractivity contribution in [3.05, 3.63) is 34.0 Å². The van der Waals surface area contributed by atoms with E-state index in [2.05, 4.69) is 51.0 Å². The summed E-state index contributed by atoms with van der Waals surface area (Å²) in [6.45, 7) is 6.02. The number of hydrogen-bond donors (Lipinski definition) is 2. The molecule has 2 aliphatic carbocycles. The molecule has 1 saturated carbocycles. The normalized spacial score (nSPS) is 30.6. The van der Waals surface area contributed by atoms with Crippen LogP contribution in [0.2, 0.25) is 0 Å². The van der Waals surface area contributed by atoms with Crippen molar-refractivity contribution in [1.82, 2.24) is 20.4 Å². The molecule has 7 nitrogen and oxygen atoms in total. The topological polar surface area (TPSA) is 77.0 Å². The number of rotatable bonds is 6. The van der Waals surface area contributed by atoms with Crippen molar-refractivity contribution in [2.45, 2.75) is 32.4 Å². The van der Waals surface area contributed by atoms with E-state index in [1.165, 1.54) is 15.3 Å². The first-order valence-electron chi connectivity index (χ1n) is 11.3. The molecule has 1 aromatic heterocycles. The van der Waals surface area contributed by atoms with Gasteiger partial charge in [-0.3, -0.25) is 24.4 Å². The lowest BCUT2D eigenvalue weighted by atomic mass is 9.85. The monoisotopic (exact) mass is 441 g/mol. The van der Waals surface area contributed by atoms with E-state index in [1.807, 2.05) is 11.3 Å². The second-order valence-electron chi connectivity index (χ2n) is 9.15. The maximum absolute atomic E-state index is 12.8. The summed E-state index contributed by atoms with van der Waals surface area (Å²) in [5.74, 6) is 1.04. The van der Waals surface area contributed by atoms with Crippen LogP contribution in [0.1, 0.15) is 23.8 Å². The first-order chi connectivity index (χ1) is 15.1. The number of carbonyl (C=O) groups is 2. The Kier molecular flexibility index (Phi) is 5.60. The van der Waals surface area contributed by atoms with Gasteiger partial charge in [-0.1, -0.05) is 12.2 Å². The Balaban J connectivity index is 1.08. The van der Waals surface area contributed by atoms with Crippen molar-refractivity contribution in [3.63, 3.8) is 0 Å². The highest BCUT2D eigenvalue weighted by atomic mass is 32.1. The lowest BCUT2D eigenvalue weighted by Gasteiger charge is -2.32. The van der Waals surface area contributed by atoms with Crippen molar-refractivity contribution in [2.75, 3.05) is 33.2 Å². The maximum atomic E-state index is 12.8. The Morgan fingerprint density at radius 2 is 1.97 bits per heavy atom. The lowest BCUT2D eigenvalue weighted by Crippen LogP contribution is -2.48. The van der Waals surface area contributed by atoms with Gasteiger partial charge < -0.3 is 10.6 Å². The number of likely N-dealkylation sites (tertiary alicyclic amines) is 1. The van der Waals surface area contributed by atoms with Crippen molar-refractivity contribution in [3.8, 4) is 0 Å². The molecule has 4 aliphatic rings. The molecule has 1 aromatic rings. The summed E-state index contributed by atoms with van der Waals surface area (Å²) in [5, 5.41) is 8.86. The molecule has 8 heteroatoms. The number of nitrogens with zero attached hydrogens (tertiary/aromatic N) is 3. The van der Waals surface area contributed by atoms with Crippen molar-refractivity contribution in [1.29, 1.82) is 0 Å². The maximum Gasteiger partial charge on any atom is 0.233 e. The number of allylic oxidation sites excluding steroid dienone is 2. The fourth-order valence-corrected chi connectivity index (χ4v) is 6.60. The molecule has 31 heavy (non-hydrogen) atoms. The third kappa shape index (κ3) is 3.69. The van der Waals surface area contributed by atoms with Crippen LogP contribution in [0.3, 0.4) is 0 Å². The predicted octanol–water partition coefficient (Wildman–Crippen LogP) is 1.47. The van der Waals surface area contributed by atoms with E-state index in [0.29, 0.717) is 25.1 Å². The van der Waals surface area contributed by atoms with Gasteiger partial charge in [-0.05, 0) is 48.6 Å². The number of amides is 2. The second kappa shape index (κ2) is 8.39. The molecule has 2 bridgehead atoms. The van der Waals surface area contributed by atoms with Gasteiger partial charge >= 0.3 is 0 Å². The minimum absolute atomic E-state index is 0.0168. The largest absolute Gasteiger partial charge is 0.355 e. The van der Waals surface area contributed by atoms with Gasteiger partial charge in [0.05, 0.1) is 11.8 Å². The van der Waals surface area contributed by atoms with Gasteiger partial charge in [0.25, 0.3) is 0 Å². The van der Waals surface area contributed by atoms with Crippen LogP contribution in [0.4, 0.5) is 0 Å². The second-order valence-corrected chi connectivity index (χ2v) is 10.1. The number of nitrogens with one attached hydrogen (secondary N) is 2. The molecule has 5 rings (SSSR count). The average Bonchev–Trinajstić information content (AvgIpc) is 3.55. The predicted molar refractivity (Wildman–Crippen MR) is 122 cm³/mol. The van der Waals surface area contributed by atoms with Gasteiger partial charge in [0.1, 0.15) is 0 Å².